The molecular weight excluding hydrogens is 458 g/mol. The van der Waals surface area contributed by atoms with E-state index in [4.69, 9.17) is 5.73 Å². The number of unbranched alkanes of at least 4 members (excludes halogenated alkanes) is 3. The first-order chi connectivity index (χ1) is 16.1. The molecule has 0 unspecified atom stereocenters. The van der Waals surface area contributed by atoms with E-state index in [0.717, 1.165) is 31.1 Å². The fourth-order valence-corrected chi connectivity index (χ4v) is 5.17. The van der Waals surface area contributed by atoms with Crippen LogP contribution >= 0.6 is 0 Å². The van der Waals surface area contributed by atoms with Crippen molar-refractivity contribution in [1.29, 1.82) is 0 Å². The summed E-state index contributed by atoms with van der Waals surface area (Å²) in [4.78, 5) is 42.5. The highest BCUT2D eigenvalue weighted by atomic mass is 32.2. The molecular formula is C23H33N5O5S. The van der Waals surface area contributed by atoms with Crippen molar-refractivity contribution >= 4 is 33.1 Å². The second-order valence-corrected chi connectivity index (χ2v) is 10.5. The third-order valence-electron chi connectivity index (χ3n) is 6.03. The molecule has 2 aromatic rings. The number of aromatic amines is 1. The summed E-state index contributed by atoms with van der Waals surface area (Å²) >= 11 is 0. The number of fused-ring (bicyclic) bond motifs is 1. The van der Waals surface area contributed by atoms with Crippen molar-refractivity contribution in [3.8, 4) is 0 Å². The lowest BCUT2D eigenvalue weighted by Gasteiger charge is -2.25. The third-order valence-corrected chi connectivity index (χ3v) is 7.21. The van der Waals surface area contributed by atoms with Gasteiger partial charge in [0.05, 0.1) is 11.9 Å². The van der Waals surface area contributed by atoms with Crippen LogP contribution in [0.25, 0.3) is 0 Å². The van der Waals surface area contributed by atoms with Gasteiger partial charge in [0.1, 0.15) is 5.82 Å². The van der Waals surface area contributed by atoms with Gasteiger partial charge < -0.3 is 10.6 Å². The van der Waals surface area contributed by atoms with Crippen molar-refractivity contribution in [3.05, 3.63) is 50.2 Å². The highest BCUT2D eigenvalue weighted by Crippen LogP contribution is 2.31. The van der Waals surface area contributed by atoms with Gasteiger partial charge in [0.15, 0.2) is 5.69 Å². The molecule has 1 aromatic carbocycles. The Morgan fingerprint density at radius 3 is 2.50 bits per heavy atom. The monoisotopic (exact) mass is 491 g/mol. The molecule has 0 bridgehead atoms. The standard InChI is InChI=1S/C23H33N5O5S/c1-4-6-8-13-26(19-20(24)27(12-7-5-2)23(31)25-21(19)29)22(30)17-9-10-18-16(15-17)11-14-28(18)34(3,32)33/h9-10,15H,4-8,11-14,24H2,1-3H3,(H,25,29,31). The number of carbonyl (C=O) groups excluding carboxylic acids is 1. The lowest BCUT2D eigenvalue weighted by atomic mass is 10.1. The molecule has 11 heteroatoms. The second-order valence-electron chi connectivity index (χ2n) is 8.59. The van der Waals surface area contributed by atoms with Gasteiger partial charge in [-0.1, -0.05) is 33.1 Å². The molecule has 186 valence electrons. The van der Waals surface area contributed by atoms with E-state index in [1.807, 2.05) is 13.8 Å². The Hall–Kier alpha value is -3.08. The zero-order valence-electron chi connectivity index (χ0n) is 20.0. The summed E-state index contributed by atoms with van der Waals surface area (Å²) in [5.41, 5.74) is 6.58. The van der Waals surface area contributed by atoms with Crippen LogP contribution in [-0.4, -0.2) is 43.2 Å². The number of hydrogen-bond acceptors (Lipinski definition) is 6. The van der Waals surface area contributed by atoms with Gasteiger partial charge in [-0.3, -0.25) is 23.4 Å². The number of rotatable bonds is 10. The van der Waals surface area contributed by atoms with Crippen molar-refractivity contribution in [1.82, 2.24) is 9.55 Å². The number of aromatic nitrogens is 2. The number of nitrogen functional groups attached to an aromatic ring is 1. The molecule has 3 rings (SSSR count). The number of hydrogen-bond donors (Lipinski definition) is 2. The lowest BCUT2D eigenvalue weighted by molar-refractivity contribution is 0.0986. The van der Waals surface area contributed by atoms with Crippen molar-refractivity contribution < 1.29 is 13.2 Å². The molecule has 3 N–H and O–H groups in total. The quantitative estimate of drug-likeness (QED) is 0.488. The van der Waals surface area contributed by atoms with E-state index >= 15 is 0 Å². The van der Waals surface area contributed by atoms with Crippen LogP contribution in [0.2, 0.25) is 0 Å². The van der Waals surface area contributed by atoms with Gasteiger partial charge in [-0.05, 0) is 43.0 Å². The van der Waals surface area contributed by atoms with Crippen molar-refractivity contribution in [2.75, 3.05) is 34.3 Å². The van der Waals surface area contributed by atoms with Crippen LogP contribution in [0.1, 0.15) is 61.9 Å². The van der Waals surface area contributed by atoms with Gasteiger partial charge in [0, 0.05) is 25.2 Å². The summed E-state index contributed by atoms with van der Waals surface area (Å²) in [7, 11) is -3.41. The Labute approximate surface area is 199 Å². The van der Waals surface area contributed by atoms with Gasteiger partial charge in [0.25, 0.3) is 11.5 Å². The van der Waals surface area contributed by atoms with E-state index < -0.39 is 27.2 Å². The Balaban J connectivity index is 2.05. The summed E-state index contributed by atoms with van der Waals surface area (Å²) in [5.74, 6) is -0.453. The molecule has 0 fully saturated rings. The molecule has 1 aromatic heterocycles. The Morgan fingerprint density at radius 1 is 1.15 bits per heavy atom. The molecule has 0 saturated heterocycles. The van der Waals surface area contributed by atoms with Gasteiger partial charge in [-0.2, -0.15) is 0 Å². The third kappa shape index (κ3) is 5.19. The first-order valence-corrected chi connectivity index (χ1v) is 13.5. The summed E-state index contributed by atoms with van der Waals surface area (Å²) in [6.45, 7) is 4.93. The predicted molar refractivity (Wildman–Crippen MR) is 134 cm³/mol. The van der Waals surface area contributed by atoms with Crippen molar-refractivity contribution in [2.24, 2.45) is 0 Å². The van der Waals surface area contributed by atoms with Gasteiger partial charge >= 0.3 is 5.69 Å². The van der Waals surface area contributed by atoms with Crippen LogP contribution in [0.3, 0.4) is 0 Å². The molecule has 34 heavy (non-hydrogen) atoms. The van der Waals surface area contributed by atoms with E-state index in [1.165, 1.54) is 13.8 Å². The van der Waals surface area contributed by atoms with Crippen molar-refractivity contribution in [2.45, 2.75) is 58.9 Å². The average molecular weight is 492 g/mol. The summed E-state index contributed by atoms with van der Waals surface area (Å²) in [5, 5.41) is 0. The zero-order valence-corrected chi connectivity index (χ0v) is 20.8. The van der Waals surface area contributed by atoms with Crippen LogP contribution in [-0.2, 0) is 23.0 Å². The normalized spacial score (nSPS) is 13.2. The SMILES string of the molecule is CCCCCN(C(=O)c1ccc2c(c1)CCN2S(C)(=O)=O)c1c(N)n(CCCC)c(=O)[nH]c1=O. The molecule has 10 nitrogen and oxygen atoms in total. The van der Waals surface area contributed by atoms with Gasteiger partial charge in [-0.25, -0.2) is 13.2 Å². The number of anilines is 3. The molecule has 0 spiro atoms. The minimum Gasteiger partial charge on any atom is -0.383 e. The highest BCUT2D eigenvalue weighted by molar-refractivity contribution is 7.92. The van der Waals surface area contributed by atoms with E-state index in [2.05, 4.69) is 4.98 Å². The number of sulfonamides is 1. The number of amides is 1. The van der Waals surface area contributed by atoms with Gasteiger partial charge in [-0.15, -0.1) is 0 Å². The lowest BCUT2D eigenvalue weighted by Crippen LogP contribution is -2.41. The fraction of sp³-hybridized carbons (Fsp3) is 0.522. The molecule has 1 aliphatic rings. The Morgan fingerprint density at radius 2 is 1.85 bits per heavy atom. The molecule has 2 heterocycles. The first kappa shape index (κ1) is 25.5. The maximum absolute atomic E-state index is 13.6. The second kappa shape index (κ2) is 10.5. The zero-order chi connectivity index (χ0) is 25.0. The number of nitrogens with two attached hydrogens (primary N) is 1. The topological polar surface area (TPSA) is 139 Å². The molecule has 0 aliphatic carbocycles. The van der Waals surface area contributed by atoms with Crippen LogP contribution in [0, 0.1) is 0 Å². The number of H-pyrrole nitrogens is 1. The summed E-state index contributed by atoms with van der Waals surface area (Å²) in [6, 6.07) is 4.86. The predicted octanol–water partition coefficient (Wildman–Crippen LogP) is 2.08. The fourth-order valence-electron chi connectivity index (χ4n) is 4.22. The maximum atomic E-state index is 13.6. The van der Waals surface area contributed by atoms with E-state index in [-0.39, 0.29) is 18.1 Å². The Bertz CT molecular complexity index is 1280. The molecule has 0 saturated carbocycles. The smallest absolute Gasteiger partial charge is 0.330 e. The minimum absolute atomic E-state index is 0.0311. The van der Waals surface area contributed by atoms with E-state index in [1.54, 1.807) is 18.2 Å². The molecule has 1 aliphatic heterocycles. The minimum atomic E-state index is -3.41. The Kier molecular flexibility index (Phi) is 7.86. The summed E-state index contributed by atoms with van der Waals surface area (Å²) in [6.07, 6.45) is 5.60. The maximum Gasteiger partial charge on any atom is 0.330 e. The number of nitrogens with zero attached hydrogens (tertiary/aromatic N) is 3. The van der Waals surface area contributed by atoms with Crippen molar-refractivity contribution in [3.63, 3.8) is 0 Å². The average Bonchev–Trinajstić information content (AvgIpc) is 3.21. The largest absolute Gasteiger partial charge is 0.383 e. The van der Waals surface area contributed by atoms with Crippen LogP contribution in [0.15, 0.2) is 27.8 Å². The van der Waals surface area contributed by atoms with Gasteiger partial charge in [0.2, 0.25) is 10.0 Å². The van der Waals surface area contributed by atoms with Crippen LogP contribution in [0.5, 0.6) is 0 Å². The first-order valence-electron chi connectivity index (χ1n) is 11.6. The molecule has 1 amide bonds. The van der Waals surface area contributed by atoms with Crippen LogP contribution in [0.4, 0.5) is 17.2 Å². The summed E-state index contributed by atoms with van der Waals surface area (Å²) < 4.78 is 26.7. The number of benzene rings is 1. The van der Waals surface area contributed by atoms with E-state index in [0.29, 0.717) is 43.6 Å². The molecule has 0 radical (unpaired) electrons. The molecule has 0 atom stereocenters. The highest BCUT2D eigenvalue weighted by Gasteiger charge is 2.29. The number of nitrogens with one attached hydrogen (secondary N) is 1. The number of carbonyl (C=O) groups is 1. The van der Waals surface area contributed by atoms with Crippen LogP contribution < -0.4 is 26.2 Å². The van der Waals surface area contributed by atoms with E-state index in [9.17, 15) is 22.8 Å².